The molecular weight excluding hydrogens is 208 g/mol. The van der Waals surface area contributed by atoms with E-state index in [0.717, 1.165) is 0 Å². The first-order chi connectivity index (χ1) is 5.17. The lowest BCUT2D eigenvalue weighted by Crippen LogP contribution is -2.28. The van der Waals surface area contributed by atoms with Gasteiger partial charge in [0.05, 0.1) is 6.16 Å². The average molecular weight is 219 g/mol. The summed E-state index contributed by atoms with van der Waals surface area (Å²) in [6, 6.07) is 0. The van der Waals surface area contributed by atoms with Gasteiger partial charge in [0.2, 0.25) is 0 Å². The zero-order chi connectivity index (χ0) is 9.99. The average Bonchev–Trinajstić information content (AvgIpc) is 1.78. The molecule has 0 spiro atoms. The SMILES string of the molecule is CNC(CP(=O)(O)O)P(=O)(O)O. The van der Waals surface area contributed by atoms with Gasteiger partial charge in [-0.25, -0.2) is 0 Å². The Balaban J connectivity index is 4.41. The first kappa shape index (κ1) is 12.3. The Morgan fingerprint density at radius 2 is 1.67 bits per heavy atom. The second-order valence-electron chi connectivity index (χ2n) is 2.24. The minimum atomic E-state index is -4.48. The molecule has 0 aliphatic heterocycles. The maximum absolute atomic E-state index is 10.5. The van der Waals surface area contributed by atoms with Crippen LogP contribution in [0.4, 0.5) is 0 Å². The lowest BCUT2D eigenvalue weighted by Gasteiger charge is -2.17. The van der Waals surface area contributed by atoms with Crippen LogP contribution in [-0.4, -0.2) is 38.6 Å². The molecule has 7 nitrogen and oxygen atoms in total. The second-order valence-corrected chi connectivity index (χ2v) is 5.74. The number of rotatable bonds is 4. The molecule has 0 saturated carbocycles. The van der Waals surface area contributed by atoms with E-state index in [1.165, 1.54) is 7.05 Å². The van der Waals surface area contributed by atoms with Crippen LogP contribution < -0.4 is 5.32 Å². The van der Waals surface area contributed by atoms with Crippen LogP contribution in [0.3, 0.4) is 0 Å². The Labute approximate surface area is 69.1 Å². The van der Waals surface area contributed by atoms with Crippen molar-refractivity contribution in [3.05, 3.63) is 0 Å². The summed E-state index contributed by atoms with van der Waals surface area (Å²) in [6.07, 6.45) is -0.867. The van der Waals surface area contributed by atoms with Gasteiger partial charge in [-0.2, -0.15) is 0 Å². The summed E-state index contributed by atoms with van der Waals surface area (Å²) in [7, 11) is -7.64. The van der Waals surface area contributed by atoms with Gasteiger partial charge in [-0.05, 0) is 7.05 Å². The molecule has 0 amide bonds. The summed E-state index contributed by atoms with van der Waals surface area (Å²) in [5.41, 5.74) is 0. The summed E-state index contributed by atoms with van der Waals surface area (Å²) in [4.78, 5) is 33.9. The molecule has 1 unspecified atom stereocenters. The minimum absolute atomic E-state index is 0.867. The maximum atomic E-state index is 10.5. The van der Waals surface area contributed by atoms with Crippen LogP contribution in [-0.2, 0) is 9.13 Å². The largest absolute Gasteiger partial charge is 0.342 e. The number of hydrogen-bond donors (Lipinski definition) is 5. The van der Waals surface area contributed by atoms with Crippen molar-refractivity contribution in [1.29, 1.82) is 0 Å². The highest BCUT2D eigenvalue weighted by Gasteiger charge is 2.33. The Morgan fingerprint density at radius 1 is 1.25 bits per heavy atom. The van der Waals surface area contributed by atoms with E-state index in [1.807, 2.05) is 0 Å². The van der Waals surface area contributed by atoms with Gasteiger partial charge < -0.3 is 24.9 Å². The van der Waals surface area contributed by atoms with E-state index in [0.29, 0.717) is 0 Å². The normalized spacial score (nSPS) is 16.1. The molecule has 0 aromatic heterocycles. The van der Waals surface area contributed by atoms with Gasteiger partial charge in [-0.15, -0.1) is 0 Å². The third-order valence-electron chi connectivity index (χ3n) is 1.15. The van der Waals surface area contributed by atoms with E-state index in [9.17, 15) is 9.13 Å². The molecule has 12 heavy (non-hydrogen) atoms. The van der Waals surface area contributed by atoms with Crippen molar-refractivity contribution >= 4 is 15.2 Å². The van der Waals surface area contributed by atoms with Gasteiger partial charge in [0, 0.05) is 0 Å². The van der Waals surface area contributed by atoms with E-state index in [4.69, 9.17) is 19.6 Å². The molecule has 74 valence electrons. The predicted octanol–water partition coefficient (Wildman–Crippen LogP) is -1.11. The van der Waals surface area contributed by atoms with Gasteiger partial charge in [-0.1, -0.05) is 0 Å². The first-order valence-corrected chi connectivity index (χ1v) is 6.42. The molecule has 0 rings (SSSR count). The van der Waals surface area contributed by atoms with Crippen molar-refractivity contribution < 1.29 is 28.7 Å². The molecule has 0 saturated heterocycles. The Hall–Kier alpha value is 0.260. The van der Waals surface area contributed by atoms with E-state index in [-0.39, 0.29) is 0 Å². The van der Waals surface area contributed by atoms with E-state index in [2.05, 4.69) is 5.32 Å². The smallest absolute Gasteiger partial charge is 0.324 e. The summed E-state index contributed by atoms with van der Waals surface area (Å²) < 4.78 is 20.9. The lowest BCUT2D eigenvalue weighted by atomic mass is 10.7. The van der Waals surface area contributed by atoms with Crippen LogP contribution in [0, 0.1) is 0 Å². The molecule has 0 aliphatic carbocycles. The Bertz CT molecular complexity index is 229. The van der Waals surface area contributed by atoms with Gasteiger partial charge in [-0.3, -0.25) is 9.13 Å². The molecule has 0 aromatic carbocycles. The highest BCUT2D eigenvalue weighted by molar-refractivity contribution is 7.56. The van der Waals surface area contributed by atoms with Crippen molar-refractivity contribution in [3.63, 3.8) is 0 Å². The third kappa shape index (κ3) is 5.00. The molecule has 0 aromatic rings. The summed E-state index contributed by atoms with van der Waals surface area (Å²) >= 11 is 0. The summed E-state index contributed by atoms with van der Waals surface area (Å²) in [5, 5.41) is 2.14. The predicted molar refractivity (Wildman–Crippen MR) is 41.8 cm³/mol. The third-order valence-corrected chi connectivity index (χ3v) is 3.53. The molecule has 0 fully saturated rings. The topological polar surface area (TPSA) is 127 Å². The van der Waals surface area contributed by atoms with Crippen LogP contribution in [0.1, 0.15) is 0 Å². The molecule has 0 radical (unpaired) electrons. The molecule has 9 heteroatoms. The standard InChI is InChI=1S/C3H11NO6P2/c1-4-3(12(8,9)10)2-11(5,6)7/h3-4H,2H2,1H3,(H2,5,6,7)(H2,8,9,10). The van der Waals surface area contributed by atoms with E-state index < -0.39 is 27.1 Å². The molecule has 5 N–H and O–H groups in total. The quantitative estimate of drug-likeness (QED) is 0.379. The van der Waals surface area contributed by atoms with Crippen LogP contribution in [0.25, 0.3) is 0 Å². The van der Waals surface area contributed by atoms with Crippen LogP contribution >= 0.6 is 15.2 Å². The zero-order valence-electron chi connectivity index (χ0n) is 6.28. The van der Waals surface area contributed by atoms with Gasteiger partial charge in [0.25, 0.3) is 0 Å². The Morgan fingerprint density at radius 3 is 1.75 bits per heavy atom. The molecule has 0 heterocycles. The van der Waals surface area contributed by atoms with Crippen molar-refractivity contribution in [2.75, 3.05) is 13.2 Å². The zero-order valence-corrected chi connectivity index (χ0v) is 8.07. The van der Waals surface area contributed by atoms with Crippen LogP contribution in [0.5, 0.6) is 0 Å². The van der Waals surface area contributed by atoms with E-state index in [1.54, 1.807) is 0 Å². The maximum Gasteiger partial charge on any atom is 0.342 e. The monoisotopic (exact) mass is 219 g/mol. The number of hydrogen-bond acceptors (Lipinski definition) is 3. The van der Waals surface area contributed by atoms with E-state index >= 15 is 0 Å². The van der Waals surface area contributed by atoms with Crippen LogP contribution in [0.2, 0.25) is 0 Å². The number of nitrogens with one attached hydrogen (secondary N) is 1. The van der Waals surface area contributed by atoms with Crippen molar-refractivity contribution in [1.82, 2.24) is 5.32 Å². The first-order valence-electron chi connectivity index (χ1n) is 2.94. The lowest BCUT2D eigenvalue weighted by molar-refractivity contribution is 0.339. The van der Waals surface area contributed by atoms with Crippen molar-refractivity contribution in [2.45, 2.75) is 5.78 Å². The van der Waals surface area contributed by atoms with Crippen molar-refractivity contribution in [3.8, 4) is 0 Å². The second kappa shape index (κ2) is 3.98. The molecular formula is C3H11NO6P2. The summed E-state index contributed by atoms with van der Waals surface area (Å²) in [5.74, 6) is -1.49. The minimum Gasteiger partial charge on any atom is -0.324 e. The highest BCUT2D eigenvalue weighted by atomic mass is 31.2. The molecule has 0 aliphatic rings. The van der Waals surface area contributed by atoms with Crippen molar-refractivity contribution in [2.24, 2.45) is 0 Å². The van der Waals surface area contributed by atoms with Gasteiger partial charge in [0.1, 0.15) is 5.78 Å². The fraction of sp³-hybridized carbons (Fsp3) is 1.00. The fourth-order valence-corrected chi connectivity index (χ4v) is 3.05. The highest BCUT2D eigenvalue weighted by Crippen LogP contribution is 2.47. The van der Waals surface area contributed by atoms with Gasteiger partial charge in [0.15, 0.2) is 0 Å². The summed E-state index contributed by atoms with van der Waals surface area (Å²) in [6.45, 7) is 0. The molecule has 1 atom stereocenters. The van der Waals surface area contributed by atoms with Gasteiger partial charge >= 0.3 is 15.2 Å². The van der Waals surface area contributed by atoms with Crippen LogP contribution in [0.15, 0.2) is 0 Å². The fourth-order valence-electron chi connectivity index (χ4n) is 0.591. The molecule has 0 bridgehead atoms. The Kier molecular flexibility index (Phi) is 4.07.